The van der Waals surface area contributed by atoms with Gasteiger partial charge >= 0.3 is 0 Å². The highest BCUT2D eigenvalue weighted by Crippen LogP contribution is 2.42. The molecule has 40 heavy (non-hydrogen) atoms. The Balaban J connectivity index is 3.50. The second-order valence-electron chi connectivity index (χ2n) is 11.9. The van der Waals surface area contributed by atoms with Gasteiger partial charge in [-0.05, 0) is 44.8 Å². The van der Waals surface area contributed by atoms with Crippen molar-refractivity contribution in [3.05, 3.63) is 24.5 Å². The van der Waals surface area contributed by atoms with Gasteiger partial charge in [-0.3, -0.25) is 4.79 Å². The average Bonchev–Trinajstić information content (AvgIpc) is 2.87. The van der Waals surface area contributed by atoms with Crippen LogP contribution < -0.4 is 5.32 Å². The van der Waals surface area contributed by atoms with Crippen molar-refractivity contribution in [2.24, 2.45) is 0 Å². The molecule has 0 spiro atoms. The number of quaternary nitrogens is 1. The van der Waals surface area contributed by atoms with Crippen molar-refractivity contribution < 1.29 is 28.0 Å². The molecule has 8 heteroatoms. The minimum Gasteiger partial charge on any atom is -0.497 e. The minimum absolute atomic E-state index is 0.265. The number of likely N-dealkylation sites (N-methyl/N-ethyl adjacent to an activating group) is 1. The number of hydrogen-bond acceptors (Lipinski definition) is 6. The molecule has 0 saturated heterocycles. The number of ketones is 1. The van der Waals surface area contributed by atoms with Gasteiger partial charge in [0.1, 0.15) is 25.5 Å². The van der Waals surface area contributed by atoms with Gasteiger partial charge in [0.05, 0.1) is 40.1 Å². The van der Waals surface area contributed by atoms with Crippen LogP contribution in [0.4, 0.5) is 0 Å². The number of hydrogen-bond donors (Lipinski definition) is 2. The molecule has 0 bridgehead atoms. The van der Waals surface area contributed by atoms with Gasteiger partial charge in [0.25, 0.3) is 0 Å². The Hall–Kier alpha value is -0.950. The minimum atomic E-state index is -3.03. The molecule has 0 aliphatic rings. The quantitative estimate of drug-likeness (QED) is 0.0299. The third-order valence-corrected chi connectivity index (χ3v) is 7.74. The van der Waals surface area contributed by atoms with Crippen molar-refractivity contribution >= 4 is 19.6 Å². The molecule has 0 saturated carbocycles. The second-order valence-corrected chi connectivity index (χ2v) is 13.6. The monoisotopic (exact) mass is 587 g/mol. The molecule has 2 N–H and O–H groups in total. The predicted octanol–water partition coefficient (Wildman–Crippen LogP) is 7.42. The van der Waals surface area contributed by atoms with E-state index in [4.69, 9.17) is 13.8 Å². The smallest absolute Gasteiger partial charge is 0.248 e. The molecule has 0 aliphatic heterocycles. The van der Waals surface area contributed by atoms with E-state index in [1.165, 1.54) is 70.6 Å². The molecule has 1 atom stereocenters. The first-order valence-corrected chi connectivity index (χ1v) is 17.6. The van der Waals surface area contributed by atoms with E-state index in [1.54, 1.807) is 0 Å². The summed E-state index contributed by atoms with van der Waals surface area (Å²) < 4.78 is 17.2. The highest BCUT2D eigenvalue weighted by atomic mass is 31.2. The van der Waals surface area contributed by atoms with E-state index < -0.39 is 7.57 Å². The van der Waals surface area contributed by atoms with Gasteiger partial charge in [-0.1, -0.05) is 77.0 Å². The van der Waals surface area contributed by atoms with Gasteiger partial charge in [-0.25, -0.2) is 0 Å². The summed E-state index contributed by atoms with van der Waals surface area (Å²) in [6, 6.07) is 0. The summed E-state index contributed by atoms with van der Waals surface area (Å²) in [6.45, 7) is 9.17. The molecule has 1 unspecified atom stereocenters. The number of unbranched alkanes of at least 4 members (excludes halogenated alkanes) is 11. The highest BCUT2D eigenvalue weighted by molar-refractivity contribution is 7.58. The zero-order valence-corrected chi connectivity index (χ0v) is 27.5. The molecule has 0 radical (unpaired) electrons. The molecule has 0 aromatic heterocycles. The van der Waals surface area contributed by atoms with Crippen LogP contribution in [-0.2, 0) is 18.6 Å². The molecule has 7 nitrogen and oxygen atoms in total. The molecular formula is C32H64N2O5P+. The lowest BCUT2D eigenvalue weighted by Gasteiger charge is -2.25. The zero-order valence-electron chi connectivity index (χ0n) is 26.6. The van der Waals surface area contributed by atoms with Crippen LogP contribution in [0.1, 0.15) is 110 Å². The standard InChI is InChI=1S/C32H64N2O5P/c1-7-8-9-10-11-12-13-14-15-16-17-18-19-20-21-24-32(35)30-33-25-28-37-31(2)23-22-27-38-40(6,36)39-29-26-34(3,4)5/h14-15,33,36H,2,6-13,16-30H2,1,3-5H3/q+1/b15-14-. The summed E-state index contributed by atoms with van der Waals surface area (Å²) >= 11 is 0. The number of nitrogens with one attached hydrogen (secondary N) is 1. The van der Waals surface area contributed by atoms with Crippen molar-refractivity contribution in [3.63, 3.8) is 0 Å². The Labute approximate surface area is 247 Å². The van der Waals surface area contributed by atoms with Gasteiger partial charge in [0, 0.05) is 19.4 Å². The number of nitrogens with zero attached hydrogens (tertiary/aromatic N) is 1. The number of allylic oxidation sites excluding steroid dienone is 3. The lowest BCUT2D eigenvalue weighted by molar-refractivity contribution is -0.870. The van der Waals surface area contributed by atoms with Crippen LogP contribution in [-0.4, -0.2) is 82.1 Å². The molecule has 0 aliphatic carbocycles. The molecule has 0 fully saturated rings. The Morgan fingerprint density at radius 1 is 0.825 bits per heavy atom. The summed E-state index contributed by atoms with van der Waals surface area (Å²) in [5, 5.41) is 3.16. The number of carbonyl (C=O) groups excluding carboxylic acids is 1. The van der Waals surface area contributed by atoms with Crippen LogP contribution in [0, 0.1) is 0 Å². The maximum Gasteiger partial charge on any atom is 0.248 e. The normalized spacial score (nSPS) is 13.5. The van der Waals surface area contributed by atoms with Crippen molar-refractivity contribution in [2.45, 2.75) is 110 Å². The molecular weight excluding hydrogens is 523 g/mol. The third kappa shape index (κ3) is 30.0. The van der Waals surface area contributed by atoms with E-state index in [-0.39, 0.29) is 5.78 Å². The Morgan fingerprint density at radius 3 is 2.02 bits per heavy atom. The average molecular weight is 588 g/mol. The lowest BCUT2D eigenvalue weighted by atomic mass is 10.1. The molecule has 0 aromatic carbocycles. The van der Waals surface area contributed by atoms with Gasteiger partial charge < -0.3 is 28.5 Å². The van der Waals surface area contributed by atoms with Crippen molar-refractivity contribution in [2.75, 3.05) is 60.6 Å². The summed E-state index contributed by atoms with van der Waals surface area (Å²) in [5.41, 5.74) is 0. The van der Waals surface area contributed by atoms with Crippen molar-refractivity contribution in [1.82, 2.24) is 5.32 Å². The Morgan fingerprint density at radius 2 is 1.40 bits per heavy atom. The maximum atomic E-state index is 12.1. The lowest BCUT2D eigenvalue weighted by Crippen LogP contribution is -2.37. The fourth-order valence-electron chi connectivity index (χ4n) is 4.02. The number of rotatable bonds is 30. The second kappa shape index (κ2) is 25.7. The summed E-state index contributed by atoms with van der Waals surface area (Å²) in [5.74, 6) is 0.933. The number of Topliss-reactive ketones (excluding diaryl/α,β-unsaturated/α-hetero) is 1. The molecule has 0 rings (SSSR count). The SMILES string of the molecule is C=C(CCCOP(=C)(O)OCC[N+](C)(C)C)OCCNCC(=O)CCCCCCC/C=C\CCCCCCCC. The largest absolute Gasteiger partial charge is 0.497 e. The van der Waals surface area contributed by atoms with Gasteiger partial charge in [0.2, 0.25) is 7.57 Å². The van der Waals surface area contributed by atoms with E-state index in [0.717, 1.165) is 23.9 Å². The van der Waals surface area contributed by atoms with Crippen LogP contribution in [0.2, 0.25) is 0 Å². The fourth-order valence-corrected chi connectivity index (χ4v) is 4.88. The van der Waals surface area contributed by atoms with E-state index in [2.05, 4.69) is 58.4 Å². The van der Waals surface area contributed by atoms with E-state index in [1.807, 2.05) is 0 Å². The highest BCUT2D eigenvalue weighted by Gasteiger charge is 2.14. The summed E-state index contributed by atoms with van der Waals surface area (Å²) in [7, 11) is 3.15. The first-order valence-electron chi connectivity index (χ1n) is 15.8. The van der Waals surface area contributed by atoms with Crippen LogP contribution in [0.25, 0.3) is 0 Å². The maximum absolute atomic E-state index is 12.1. The zero-order chi connectivity index (χ0) is 30.0. The summed E-state index contributed by atoms with van der Waals surface area (Å²) in [4.78, 5) is 22.2. The summed E-state index contributed by atoms with van der Waals surface area (Å²) in [6.07, 6.45) is 26.8. The molecule has 0 heterocycles. The van der Waals surface area contributed by atoms with Crippen LogP contribution in [0.15, 0.2) is 24.5 Å². The molecule has 0 aromatic rings. The van der Waals surface area contributed by atoms with E-state index in [0.29, 0.717) is 57.9 Å². The van der Waals surface area contributed by atoms with Crippen molar-refractivity contribution in [3.8, 4) is 0 Å². The van der Waals surface area contributed by atoms with E-state index in [9.17, 15) is 9.69 Å². The predicted molar refractivity (Wildman–Crippen MR) is 173 cm³/mol. The molecule has 0 amide bonds. The topological polar surface area (TPSA) is 77.0 Å². The fraction of sp³-hybridized carbons (Fsp3) is 0.812. The van der Waals surface area contributed by atoms with Crippen LogP contribution in [0.5, 0.6) is 0 Å². The van der Waals surface area contributed by atoms with Crippen LogP contribution >= 0.6 is 7.57 Å². The van der Waals surface area contributed by atoms with Gasteiger partial charge in [0.15, 0.2) is 0 Å². The first-order chi connectivity index (χ1) is 19.1. The third-order valence-electron chi connectivity index (χ3n) is 6.57. The Bertz CT molecular complexity index is 706. The van der Waals surface area contributed by atoms with Crippen LogP contribution in [0.3, 0.4) is 0 Å². The van der Waals surface area contributed by atoms with Gasteiger partial charge in [-0.15, -0.1) is 0 Å². The number of carbonyl (C=O) groups is 1. The van der Waals surface area contributed by atoms with Gasteiger partial charge in [-0.2, -0.15) is 0 Å². The van der Waals surface area contributed by atoms with E-state index >= 15 is 0 Å². The molecule has 236 valence electrons. The first kappa shape index (κ1) is 39.0. The Kier molecular flexibility index (Phi) is 25.1. The van der Waals surface area contributed by atoms with Crippen molar-refractivity contribution in [1.29, 1.82) is 0 Å². The number of ether oxygens (including phenoxy) is 1.